The topological polar surface area (TPSA) is 65.1 Å². The van der Waals surface area contributed by atoms with Crippen molar-refractivity contribution < 1.29 is 14.3 Å². The summed E-state index contributed by atoms with van der Waals surface area (Å²) in [5, 5.41) is 3.26. The summed E-state index contributed by atoms with van der Waals surface area (Å²) in [6.07, 6.45) is 11.0. The molecule has 0 aromatic carbocycles. The number of ether oxygens (including phenoxy) is 1. The van der Waals surface area contributed by atoms with Gasteiger partial charge in [-0.05, 0) is 44.9 Å². The van der Waals surface area contributed by atoms with Crippen LogP contribution in [0.3, 0.4) is 0 Å². The minimum Gasteiger partial charge on any atom is -0.379 e. The number of amides is 3. The maximum absolute atomic E-state index is 13.1. The second kappa shape index (κ2) is 10.8. The second-order valence-electron chi connectivity index (χ2n) is 9.64. The number of morpholine rings is 1. The Balaban J connectivity index is 1.30. The van der Waals surface area contributed by atoms with Crippen LogP contribution in [-0.4, -0.2) is 91.2 Å². The van der Waals surface area contributed by atoms with Crippen LogP contribution in [0.15, 0.2) is 0 Å². The number of likely N-dealkylation sites (tertiary alicyclic amines) is 1. The quantitative estimate of drug-likeness (QED) is 0.687. The molecule has 0 bridgehead atoms. The molecule has 4 aliphatic rings. The van der Waals surface area contributed by atoms with Crippen molar-refractivity contribution in [3.8, 4) is 0 Å². The lowest BCUT2D eigenvalue weighted by molar-refractivity contribution is -0.136. The molecule has 2 saturated heterocycles. The van der Waals surface area contributed by atoms with Crippen LogP contribution in [0.5, 0.6) is 0 Å². The summed E-state index contributed by atoms with van der Waals surface area (Å²) < 4.78 is 5.44. The van der Waals surface area contributed by atoms with Crippen LogP contribution in [0.2, 0.25) is 0 Å². The van der Waals surface area contributed by atoms with Crippen molar-refractivity contribution in [1.82, 2.24) is 20.0 Å². The summed E-state index contributed by atoms with van der Waals surface area (Å²) in [7, 11) is 0. The Hall–Kier alpha value is -1.34. The first kappa shape index (κ1) is 21.9. The van der Waals surface area contributed by atoms with Gasteiger partial charge < -0.3 is 19.9 Å². The minimum absolute atomic E-state index is 0.0822. The zero-order chi connectivity index (χ0) is 20.8. The molecule has 0 aromatic heterocycles. The number of piperidine rings is 1. The third-order valence-corrected chi connectivity index (χ3v) is 7.24. The van der Waals surface area contributed by atoms with E-state index in [-0.39, 0.29) is 18.0 Å². The lowest BCUT2D eigenvalue weighted by atomic mass is 9.95. The Morgan fingerprint density at radius 3 is 2.43 bits per heavy atom. The number of urea groups is 1. The van der Waals surface area contributed by atoms with E-state index in [0.717, 1.165) is 90.9 Å². The number of hydrogen-bond donors (Lipinski definition) is 1. The van der Waals surface area contributed by atoms with Crippen molar-refractivity contribution >= 4 is 11.9 Å². The molecule has 0 aromatic rings. The smallest absolute Gasteiger partial charge is 0.317 e. The summed E-state index contributed by atoms with van der Waals surface area (Å²) in [6.45, 7) is 6.97. The lowest BCUT2D eigenvalue weighted by Gasteiger charge is -2.40. The van der Waals surface area contributed by atoms with Gasteiger partial charge in [0.2, 0.25) is 5.91 Å². The molecule has 1 atom stereocenters. The predicted octanol–water partition coefficient (Wildman–Crippen LogP) is 2.45. The van der Waals surface area contributed by atoms with Crippen LogP contribution in [0.4, 0.5) is 4.79 Å². The zero-order valence-corrected chi connectivity index (χ0v) is 18.5. The first-order chi connectivity index (χ1) is 14.7. The van der Waals surface area contributed by atoms with Gasteiger partial charge in [0.15, 0.2) is 0 Å². The molecule has 2 heterocycles. The van der Waals surface area contributed by atoms with Gasteiger partial charge in [-0.1, -0.05) is 19.3 Å². The molecule has 1 N–H and O–H groups in total. The van der Waals surface area contributed by atoms with E-state index < -0.39 is 0 Å². The van der Waals surface area contributed by atoms with E-state index >= 15 is 0 Å². The lowest BCUT2D eigenvalue weighted by Crippen LogP contribution is -2.55. The highest BCUT2D eigenvalue weighted by Gasteiger charge is 2.38. The van der Waals surface area contributed by atoms with Gasteiger partial charge in [0.1, 0.15) is 0 Å². The minimum atomic E-state index is 0.0822. The van der Waals surface area contributed by atoms with Gasteiger partial charge in [0.25, 0.3) is 0 Å². The highest BCUT2D eigenvalue weighted by molar-refractivity contribution is 5.81. The van der Waals surface area contributed by atoms with Crippen molar-refractivity contribution in [3.05, 3.63) is 0 Å². The molecule has 1 unspecified atom stereocenters. The molecule has 2 aliphatic heterocycles. The van der Waals surface area contributed by atoms with Gasteiger partial charge >= 0.3 is 6.03 Å². The second-order valence-corrected chi connectivity index (χ2v) is 9.64. The number of nitrogens with zero attached hydrogens (tertiary/aromatic N) is 3. The van der Waals surface area contributed by atoms with Gasteiger partial charge in [0, 0.05) is 57.3 Å². The van der Waals surface area contributed by atoms with Gasteiger partial charge in [-0.3, -0.25) is 9.69 Å². The zero-order valence-electron chi connectivity index (χ0n) is 18.5. The molecule has 7 heteroatoms. The molecular formula is C23H40N4O3. The Kier molecular flexibility index (Phi) is 7.88. The maximum atomic E-state index is 13.1. The van der Waals surface area contributed by atoms with E-state index in [2.05, 4.69) is 15.1 Å². The fourth-order valence-electron chi connectivity index (χ4n) is 5.23. The van der Waals surface area contributed by atoms with Crippen molar-refractivity contribution in [3.63, 3.8) is 0 Å². The highest BCUT2D eigenvalue weighted by Crippen LogP contribution is 2.33. The third-order valence-electron chi connectivity index (χ3n) is 7.24. The van der Waals surface area contributed by atoms with Crippen LogP contribution in [0.25, 0.3) is 0 Å². The molecule has 0 spiro atoms. The van der Waals surface area contributed by atoms with Crippen LogP contribution >= 0.6 is 0 Å². The first-order valence-electron chi connectivity index (χ1n) is 12.4. The van der Waals surface area contributed by atoms with E-state index in [4.69, 9.17) is 4.74 Å². The molecule has 0 radical (unpaired) electrons. The summed E-state index contributed by atoms with van der Waals surface area (Å²) in [6, 6.07) is 0.594. The van der Waals surface area contributed by atoms with E-state index in [0.29, 0.717) is 18.5 Å². The molecule has 3 amide bonds. The largest absolute Gasteiger partial charge is 0.379 e. The Bertz CT molecular complexity index is 571. The Morgan fingerprint density at radius 2 is 1.70 bits per heavy atom. The van der Waals surface area contributed by atoms with Crippen LogP contribution < -0.4 is 5.32 Å². The van der Waals surface area contributed by atoms with Crippen molar-refractivity contribution in [1.29, 1.82) is 0 Å². The molecule has 4 rings (SSSR count). The summed E-state index contributed by atoms with van der Waals surface area (Å²) in [4.78, 5) is 32.5. The fourth-order valence-corrected chi connectivity index (χ4v) is 5.23. The average molecular weight is 421 g/mol. The average Bonchev–Trinajstić information content (AvgIpc) is 3.63. The number of rotatable bonds is 7. The predicted molar refractivity (Wildman–Crippen MR) is 116 cm³/mol. The number of carbonyl (C=O) groups is 2. The van der Waals surface area contributed by atoms with Gasteiger partial charge in [-0.25, -0.2) is 4.79 Å². The monoisotopic (exact) mass is 420 g/mol. The summed E-state index contributed by atoms with van der Waals surface area (Å²) >= 11 is 0. The normalized spacial score (nSPS) is 26.4. The van der Waals surface area contributed by atoms with Gasteiger partial charge in [-0.2, -0.15) is 0 Å². The SMILES string of the molecule is O=C(NC1CCCCC1)N1CCCC(N(CCCN2CCOCC2)C(=O)C2CC2)C1. The molecule has 4 fully saturated rings. The van der Waals surface area contributed by atoms with Gasteiger partial charge in [0.05, 0.1) is 13.2 Å². The molecule has 2 saturated carbocycles. The van der Waals surface area contributed by atoms with Crippen molar-refractivity contribution in [2.24, 2.45) is 5.92 Å². The molecule has 2 aliphatic carbocycles. The number of nitrogens with one attached hydrogen (secondary N) is 1. The van der Waals surface area contributed by atoms with E-state index in [9.17, 15) is 9.59 Å². The summed E-state index contributed by atoms with van der Waals surface area (Å²) in [5.41, 5.74) is 0. The molecule has 30 heavy (non-hydrogen) atoms. The molecule has 7 nitrogen and oxygen atoms in total. The van der Waals surface area contributed by atoms with Crippen LogP contribution in [0, 0.1) is 5.92 Å². The standard InChI is InChI=1S/C23H40N4O3/c28-22(19-9-10-19)27(13-5-11-25-14-16-30-17-15-25)21-8-4-12-26(18-21)23(29)24-20-6-2-1-3-7-20/h19-21H,1-18H2,(H,24,29). The van der Waals surface area contributed by atoms with Gasteiger partial charge in [-0.15, -0.1) is 0 Å². The number of hydrogen-bond acceptors (Lipinski definition) is 4. The number of carbonyl (C=O) groups excluding carboxylic acids is 2. The van der Waals surface area contributed by atoms with E-state index in [1.807, 2.05) is 4.90 Å². The highest BCUT2D eigenvalue weighted by atomic mass is 16.5. The van der Waals surface area contributed by atoms with E-state index in [1.54, 1.807) is 0 Å². The maximum Gasteiger partial charge on any atom is 0.317 e. The molecular weight excluding hydrogens is 380 g/mol. The molecule has 170 valence electrons. The van der Waals surface area contributed by atoms with E-state index in [1.165, 1.54) is 19.3 Å². The Morgan fingerprint density at radius 1 is 0.933 bits per heavy atom. The summed E-state index contributed by atoms with van der Waals surface area (Å²) in [5.74, 6) is 0.566. The first-order valence-corrected chi connectivity index (χ1v) is 12.4. The van der Waals surface area contributed by atoms with Crippen LogP contribution in [0.1, 0.15) is 64.2 Å². The third kappa shape index (κ3) is 6.10. The van der Waals surface area contributed by atoms with Crippen LogP contribution in [-0.2, 0) is 9.53 Å². The van der Waals surface area contributed by atoms with Crippen molar-refractivity contribution in [2.75, 3.05) is 52.5 Å². The fraction of sp³-hybridized carbons (Fsp3) is 0.913. The van der Waals surface area contributed by atoms with Crippen molar-refractivity contribution in [2.45, 2.75) is 76.3 Å². The Labute approximate surface area is 181 Å².